The van der Waals surface area contributed by atoms with Crippen molar-refractivity contribution in [2.24, 2.45) is 0 Å². The Hall–Kier alpha value is -3.41. The summed E-state index contributed by atoms with van der Waals surface area (Å²) in [6, 6.07) is 16.0. The van der Waals surface area contributed by atoms with E-state index in [4.69, 9.17) is 10.5 Å². The Morgan fingerprint density at radius 1 is 1.00 bits per heavy atom. The number of fused-ring (bicyclic) bond motifs is 1. The molecule has 3 N–H and O–H groups in total. The van der Waals surface area contributed by atoms with Crippen LogP contribution in [0.4, 0.5) is 10.1 Å². The third kappa shape index (κ3) is 3.49. The van der Waals surface area contributed by atoms with Gasteiger partial charge >= 0.3 is 0 Å². The molecule has 0 unspecified atom stereocenters. The first-order valence-corrected chi connectivity index (χ1v) is 8.33. The molecule has 0 fully saturated rings. The van der Waals surface area contributed by atoms with Gasteiger partial charge in [-0.25, -0.2) is 9.37 Å². The van der Waals surface area contributed by atoms with Crippen LogP contribution in [0.15, 0.2) is 60.9 Å². The molecule has 4 rings (SSSR count). The second-order valence-corrected chi connectivity index (χ2v) is 5.28. The maximum Gasteiger partial charge on any atom is 0.247 e. The topological polar surface area (TPSA) is 76.8 Å². The van der Waals surface area contributed by atoms with Gasteiger partial charge in [-0.2, -0.15) is 4.98 Å². The van der Waals surface area contributed by atoms with Crippen molar-refractivity contribution in [1.82, 2.24) is 15.0 Å². The van der Waals surface area contributed by atoms with Crippen LogP contribution in [0.1, 0.15) is 13.8 Å². The van der Waals surface area contributed by atoms with Crippen LogP contribution >= 0.6 is 0 Å². The van der Waals surface area contributed by atoms with Crippen molar-refractivity contribution in [3.8, 4) is 22.9 Å². The number of nitrogen functional groups attached to an aromatic ring is 1. The fraction of sp³-hybridized carbons (Fsp3) is 0.100. The highest BCUT2D eigenvalue weighted by Gasteiger charge is 2.13. The molecule has 0 amide bonds. The van der Waals surface area contributed by atoms with Gasteiger partial charge < -0.3 is 15.5 Å². The number of hydrogen-bond acceptors (Lipinski definition) is 4. The molecule has 0 bridgehead atoms. The van der Waals surface area contributed by atoms with Gasteiger partial charge in [0.25, 0.3) is 0 Å². The molecule has 2 aromatic heterocycles. The zero-order valence-corrected chi connectivity index (χ0v) is 14.5. The highest BCUT2D eigenvalue weighted by atomic mass is 19.1. The van der Waals surface area contributed by atoms with E-state index >= 15 is 0 Å². The minimum Gasteiger partial charge on any atom is -0.434 e. The highest BCUT2D eigenvalue weighted by Crippen LogP contribution is 2.31. The van der Waals surface area contributed by atoms with Gasteiger partial charge in [0.2, 0.25) is 5.88 Å². The summed E-state index contributed by atoms with van der Waals surface area (Å²) in [4.78, 5) is 11.6. The third-order valence-corrected chi connectivity index (χ3v) is 3.63. The summed E-state index contributed by atoms with van der Waals surface area (Å²) >= 11 is 0. The average molecular weight is 350 g/mol. The number of anilines is 1. The lowest BCUT2D eigenvalue weighted by Gasteiger charge is -2.06. The van der Waals surface area contributed by atoms with Gasteiger partial charge in [0.15, 0.2) is 11.6 Å². The largest absolute Gasteiger partial charge is 0.434 e. The van der Waals surface area contributed by atoms with Crippen molar-refractivity contribution in [2.45, 2.75) is 13.8 Å². The zero-order valence-electron chi connectivity index (χ0n) is 14.5. The van der Waals surface area contributed by atoms with Crippen molar-refractivity contribution in [1.29, 1.82) is 0 Å². The summed E-state index contributed by atoms with van der Waals surface area (Å²) in [5.41, 5.74) is 9.08. The molecule has 0 spiro atoms. The van der Waals surface area contributed by atoms with Crippen LogP contribution in [0.3, 0.4) is 0 Å². The number of ether oxygens (including phenoxy) is 1. The molecule has 0 saturated heterocycles. The van der Waals surface area contributed by atoms with E-state index in [2.05, 4.69) is 15.0 Å². The Bertz CT molecular complexity index is 1010. The molecule has 5 nitrogen and oxygen atoms in total. The van der Waals surface area contributed by atoms with Crippen LogP contribution in [0.25, 0.3) is 22.3 Å². The van der Waals surface area contributed by atoms with Gasteiger partial charge in [0.05, 0.1) is 5.52 Å². The highest BCUT2D eigenvalue weighted by molar-refractivity contribution is 5.86. The SMILES string of the molecule is CC.Nc1ccc(Oc2ncnc3cc(-c4ccccc4)[nH]c23)c(F)c1. The predicted octanol–water partition coefficient (Wildman–Crippen LogP) is 5.16. The van der Waals surface area contributed by atoms with Gasteiger partial charge in [-0.05, 0) is 23.8 Å². The second-order valence-electron chi connectivity index (χ2n) is 5.28. The molecule has 0 aliphatic rings. The molecule has 0 saturated carbocycles. The number of halogens is 1. The van der Waals surface area contributed by atoms with Crippen LogP contribution in [-0.4, -0.2) is 15.0 Å². The number of H-pyrrole nitrogens is 1. The standard InChI is InChI=1S/C18H13FN4O.C2H6/c19-13-8-12(20)6-7-16(13)24-18-17-15(21-10-22-18)9-14(23-17)11-4-2-1-3-5-11;1-2/h1-10,23H,20H2;1-2H3. The molecule has 132 valence electrons. The number of hydrogen-bond donors (Lipinski definition) is 2. The van der Waals surface area contributed by atoms with Crippen molar-refractivity contribution < 1.29 is 9.13 Å². The summed E-state index contributed by atoms with van der Waals surface area (Å²) < 4.78 is 19.6. The molecular weight excluding hydrogens is 331 g/mol. The number of nitrogens with one attached hydrogen (secondary N) is 1. The Balaban J connectivity index is 0.000000948. The first-order chi connectivity index (χ1) is 12.7. The zero-order chi connectivity index (χ0) is 18.5. The van der Waals surface area contributed by atoms with E-state index in [0.717, 1.165) is 11.3 Å². The summed E-state index contributed by atoms with van der Waals surface area (Å²) in [5, 5.41) is 0. The summed E-state index contributed by atoms with van der Waals surface area (Å²) in [5.74, 6) is -0.234. The van der Waals surface area contributed by atoms with Crippen LogP contribution in [-0.2, 0) is 0 Å². The normalized spacial score (nSPS) is 10.3. The Morgan fingerprint density at radius 3 is 2.50 bits per heavy atom. The fourth-order valence-electron chi connectivity index (χ4n) is 2.47. The van der Waals surface area contributed by atoms with Crippen molar-refractivity contribution in [3.05, 3.63) is 66.7 Å². The average Bonchev–Trinajstić information content (AvgIpc) is 3.12. The smallest absolute Gasteiger partial charge is 0.247 e. The molecule has 2 heterocycles. The molecule has 0 radical (unpaired) electrons. The molecular formula is C20H19FN4O. The summed E-state index contributed by atoms with van der Waals surface area (Å²) in [7, 11) is 0. The maximum atomic E-state index is 13.9. The van der Waals surface area contributed by atoms with Crippen LogP contribution in [0.5, 0.6) is 11.6 Å². The predicted molar refractivity (Wildman–Crippen MR) is 102 cm³/mol. The van der Waals surface area contributed by atoms with Gasteiger partial charge in [0, 0.05) is 17.4 Å². The van der Waals surface area contributed by atoms with E-state index in [1.165, 1.54) is 18.5 Å². The van der Waals surface area contributed by atoms with Crippen molar-refractivity contribution >= 4 is 16.7 Å². The van der Waals surface area contributed by atoms with Crippen molar-refractivity contribution in [2.75, 3.05) is 5.73 Å². The van der Waals surface area contributed by atoms with Gasteiger partial charge in [0.1, 0.15) is 11.8 Å². The Kier molecular flexibility index (Phi) is 5.12. The first-order valence-electron chi connectivity index (χ1n) is 8.33. The first kappa shape index (κ1) is 17.4. The Morgan fingerprint density at radius 2 is 1.77 bits per heavy atom. The van der Waals surface area contributed by atoms with Gasteiger partial charge in [-0.3, -0.25) is 0 Å². The third-order valence-electron chi connectivity index (χ3n) is 3.63. The van der Waals surface area contributed by atoms with Crippen molar-refractivity contribution in [3.63, 3.8) is 0 Å². The number of aromatic amines is 1. The summed E-state index contributed by atoms with van der Waals surface area (Å²) in [6.07, 6.45) is 1.38. The molecule has 0 aliphatic carbocycles. The monoisotopic (exact) mass is 350 g/mol. The quantitative estimate of drug-likeness (QED) is 0.500. The molecule has 6 heteroatoms. The molecule has 0 aliphatic heterocycles. The number of nitrogens with two attached hydrogens (primary N) is 1. The van der Waals surface area contributed by atoms with E-state index < -0.39 is 5.82 Å². The lowest BCUT2D eigenvalue weighted by Crippen LogP contribution is -1.94. The minimum absolute atomic E-state index is 0.0556. The van der Waals surface area contributed by atoms with Gasteiger partial charge in [-0.15, -0.1) is 0 Å². The van der Waals surface area contributed by atoms with Crippen LogP contribution in [0, 0.1) is 5.82 Å². The van der Waals surface area contributed by atoms with Crippen LogP contribution in [0.2, 0.25) is 0 Å². The maximum absolute atomic E-state index is 13.9. The number of rotatable bonds is 3. The lowest BCUT2D eigenvalue weighted by atomic mass is 10.2. The molecule has 4 aromatic rings. The summed E-state index contributed by atoms with van der Waals surface area (Å²) in [6.45, 7) is 4.00. The minimum atomic E-state index is -0.545. The fourth-order valence-corrected chi connectivity index (χ4v) is 2.47. The van der Waals surface area contributed by atoms with E-state index in [9.17, 15) is 4.39 Å². The lowest BCUT2D eigenvalue weighted by molar-refractivity contribution is 0.431. The molecule has 0 atom stereocenters. The van der Waals surface area contributed by atoms with Gasteiger partial charge in [-0.1, -0.05) is 44.2 Å². The molecule has 2 aromatic carbocycles. The van der Waals surface area contributed by atoms with E-state index in [-0.39, 0.29) is 11.6 Å². The van der Waals surface area contributed by atoms with Crippen LogP contribution < -0.4 is 10.5 Å². The molecule has 26 heavy (non-hydrogen) atoms. The van der Waals surface area contributed by atoms with E-state index in [1.807, 2.05) is 50.2 Å². The number of aromatic nitrogens is 3. The second kappa shape index (κ2) is 7.65. The van der Waals surface area contributed by atoms with E-state index in [0.29, 0.717) is 16.7 Å². The van der Waals surface area contributed by atoms with E-state index in [1.54, 1.807) is 6.07 Å². The number of nitrogens with zero attached hydrogens (tertiary/aromatic N) is 2. The number of benzene rings is 2. The Labute approximate surface area is 150 Å².